The summed E-state index contributed by atoms with van der Waals surface area (Å²) in [7, 11) is 3.09. The van der Waals surface area contributed by atoms with Crippen molar-refractivity contribution in [3.05, 3.63) is 23.8 Å². The van der Waals surface area contributed by atoms with E-state index in [1.54, 1.807) is 26.4 Å². The molecule has 102 valence electrons. The van der Waals surface area contributed by atoms with Crippen LogP contribution in [0.25, 0.3) is 0 Å². The topological polar surface area (TPSA) is 18.5 Å². The minimum Gasteiger partial charge on any atom is -0.493 e. The van der Waals surface area contributed by atoms with E-state index in [2.05, 4.69) is 31.9 Å². The molecule has 0 bridgehead atoms. The molecule has 0 saturated carbocycles. The van der Waals surface area contributed by atoms with Gasteiger partial charge in [-0.1, -0.05) is 22.0 Å². The van der Waals surface area contributed by atoms with E-state index in [1.165, 1.54) is 0 Å². The summed E-state index contributed by atoms with van der Waals surface area (Å²) >= 11 is 5.59. The lowest BCUT2D eigenvalue weighted by Crippen LogP contribution is -2.15. The van der Waals surface area contributed by atoms with Crippen LogP contribution in [-0.4, -0.2) is 23.9 Å². The van der Waals surface area contributed by atoms with Crippen molar-refractivity contribution in [2.75, 3.05) is 14.2 Å². The van der Waals surface area contributed by atoms with Gasteiger partial charge in [0.05, 0.1) is 14.2 Å². The summed E-state index contributed by atoms with van der Waals surface area (Å²) in [6, 6.07) is 5.39. The lowest BCUT2D eigenvalue weighted by molar-refractivity contribution is 0.104. The highest BCUT2D eigenvalue weighted by Crippen LogP contribution is 2.33. The van der Waals surface area contributed by atoms with Gasteiger partial charge in [0.1, 0.15) is 0 Å². The Morgan fingerprint density at radius 1 is 1.22 bits per heavy atom. The van der Waals surface area contributed by atoms with Gasteiger partial charge in [-0.2, -0.15) is 8.78 Å². The molecule has 0 aliphatic heterocycles. The third kappa shape index (κ3) is 5.10. The van der Waals surface area contributed by atoms with Gasteiger partial charge in [0.15, 0.2) is 11.5 Å². The van der Waals surface area contributed by atoms with Crippen LogP contribution in [0.4, 0.5) is 8.78 Å². The molecule has 0 spiro atoms. The van der Waals surface area contributed by atoms with E-state index in [4.69, 9.17) is 9.47 Å². The fraction of sp³-hybridized carbons (Fsp3) is 0.500. The number of methoxy groups -OCH3 is 2. The monoisotopic (exact) mass is 386 g/mol. The van der Waals surface area contributed by atoms with Crippen LogP contribution in [0.5, 0.6) is 11.5 Å². The van der Waals surface area contributed by atoms with Crippen LogP contribution < -0.4 is 9.47 Å². The van der Waals surface area contributed by atoms with E-state index in [0.717, 1.165) is 5.56 Å². The number of ether oxygens (including phenoxy) is 2. The van der Waals surface area contributed by atoms with Crippen molar-refractivity contribution >= 4 is 31.9 Å². The summed E-state index contributed by atoms with van der Waals surface area (Å²) in [6.45, 7) is 0. The Balaban J connectivity index is 2.73. The maximum Gasteiger partial charge on any atom is 0.302 e. The van der Waals surface area contributed by atoms with Crippen LogP contribution >= 0.6 is 31.9 Å². The second-order valence-electron chi connectivity index (χ2n) is 3.81. The molecule has 0 fully saturated rings. The fourth-order valence-electron chi connectivity index (χ4n) is 1.59. The Morgan fingerprint density at radius 2 is 1.83 bits per heavy atom. The van der Waals surface area contributed by atoms with Crippen molar-refractivity contribution in [1.82, 2.24) is 0 Å². The lowest BCUT2D eigenvalue weighted by atomic mass is 10.1. The Kier molecular flexibility index (Phi) is 5.85. The van der Waals surface area contributed by atoms with Crippen LogP contribution in [0.2, 0.25) is 0 Å². The van der Waals surface area contributed by atoms with Gasteiger partial charge in [0, 0.05) is 11.2 Å². The molecule has 0 amide bonds. The number of hydrogen-bond donors (Lipinski definition) is 0. The van der Waals surface area contributed by atoms with Gasteiger partial charge >= 0.3 is 4.83 Å². The van der Waals surface area contributed by atoms with Gasteiger partial charge in [0.2, 0.25) is 0 Å². The van der Waals surface area contributed by atoms with Gasteiger partial charge < -0.3 is 9.47 Å². The molecule has 1 atom stereocenters. The van der Waals surface area contributed by atoms with Crippen molar-refractivity contribution in [3.63, 3.8) is 0 Å². The van der Waals surface area contributed by atoms with Crippen molar-refractivity contribution in [3.8, 4) is 11.5 Å². The summed E-state index contributed by atoms with van der Waals surface area (Å²) in [4.78, 5) is -3.16. The number of halogens is 4. The van der Waals surface area contributed by atoms with Crippen LogP contribution in [-0.2, 0) is 6.42 Å². The number of alkyl halides is 4. The summed E-state index contributed by atoms with van der Waals surface area (Å²) in [6.07, 6.45) is 0.211. The Morgan fingerprint density at radius 3 is 2.33 bits per heavy atom. The Labute approximate surface area is 122 Å². The van der Waals surface area contributed by atoms with Crippen LogP contribution in [0.3, 0.4) is 0 Å². The second kappa shape index (κ2) is 6.70. The second-order valence-corrected chi connectivity index (χ2v) is 6.27. The SMILES string of the molecule is COc1ccc(CC(Br)CC(F)(F)Br)cc1OC. The van der Waals surface area contributed by atoms with Crippen molar-refractivity contribution in [1.29, 1.82) is 0 Å². The maximum absolute atomic E-state index is 12.8. The first kappa shape index (κ1) is 15.7. The molecule has 0 aromatic heterocycles. The summed E-state index contributed by atoms with van der Waals surface area (Å²) in [5.41, 5.74) is 0.909. The molecule has 6 heteroatoms. The Bertz CT molecular complexity index is 394. The molecule has 0 N–H and O–H groups in total. The minimum atomic E-state index is -2.85. The molecule has 2 nitrogen and oxygen atoms in total. The molecule has 1 rings (SSSR count). The van der Waals surface area contributed by atoms with E-state index >= 15 is 0 Å². The van der Waals surface area contributed by atoms with Gasteiger partial charge in [-0.3, -0.25) is 0 Å². The molecule has 0 saturated heterocycles. The van der Waals surface area contributed by atoms with E-state index < -0.39 is 4.83 Å². The minimum absolute atomic E-state index is 0.276. The zero-order valence-electron chi connectivity index (χ0n) is 10.1. The van der Waals surface area contributed by atoms with E-state index in [1.807, 2.05) is 6.07 Å². The fourth-order valence-corrected chi connectivity index (χ4v) is 3.19. The van der Waals surface area contributed by atoms with Gasteiger partial charge in [-0.25, -0.2) is 0 Å². The number of rotatable bonds is 6. The molecule has 1 unspecified atom stereocenters. The first-order valence-corrected chi connectivity index (χ1v) is 6.98. The third-order valence-corrected chi connectivity index (χ3v) is 3.33. The third-order valence-electron chi connectivity index (χ3n) is 2.36. The Hall–Kier alpha value is -0.360. The van der Waals surface area contributed by atoms with Gasteiger partial charge in [-0.05, 0) is 40.0 Å². The standard InChI is InChI=1S/C12H14Br2F2O2/c1-17-10-4-3-8(6-11(10)18-2)5-9(13)7-12(14,15)16/h3-4,6,9H,5,7H2,1-2H3. The van der Waals surface area contributed by atoms with Crippen LogP contribution in [0.1, 0.15) is 12.0 Å². The molecule has 18 heavy (non-hydrogen) atoms. The zero-order chi connectivity index (χ0) is 13.8. The zero-order valence-corrected chi connectivity index (χ0v) is 13.2. The number of benzene rings is 1. The average Bonchev–Trinajstić information content (AvgIpc) is 2.26. The summed E-state index contributed by atoms with van der Waals surface area (Å²) in [5, 5.41) is 0. The largest absolute Gasteiger partial charge is 0.493 e. The average molecular weight is 388 g/mol. The van der Waals surface area contributed by atoms with Crippen LogP contribution in [0, 0.1) is 0 Å². The molecule has 0 radical (unpaired) electrons. The van der Waals surface area contributed by atoms with Gasteiger partial charge in [-0.15, -0.1) is 0 Å². The highest BCUT2D eigenvalue weighted by molar-refractivity contribution is 9.10. The molecular formula is C12H14Br2F2O2. The van der Waals surface area contributed by atoms with E-state index in [9.17, 15) is 8.78 Å². The quantitative estimate of drug-likeness (QED) is 0.674. The van der Waals surface area contributed by atoms with E-state index in [0.29, 0.717) is 17.9 Å². The van der Waals surface area contributed by atoms with Crippen molar-refractivity contribution < 1.29 is 18.3 Å². The molecule has 1 aromatic rings. The van der Waals surface area contributed by atoms with Crippen molar-refractivity contribution in [2.45, 2.75) is 22.5 Å². The lowest BCUT2D eigenvalue weighted by Gasteiger charge is -2.15. The molecule has 1 aromatic carbocycles. The molecular weight excluding hydrogens is 374 g/mol. The normalized spacial score (nSPS) is 13.2. The van der Waals surface area contributed by atoms with E-state index in [-0.39, 0.29) is 11.2 Å². The smallest absolute Gasteiger partial charge is 0.302 e. The maximum atomic E-state index is 12.8. The first-order valence-electron chi connectivity index (χ1n) is 5.27. The van der Waals surface area contributed by atoms with Crippen LogP contribution in [0.15, 0.2) is 18.2 Å². The predicted molar refractivity (Wildman–Crippen MR) is 74.5 cm³/mol. The molecule has 0 aliphatic carbocycles. The number of hydrogen-bond acceptors (Lipinski definition) is 2. The summed E-state index contributed by atoms with van der Waals surface area (Å²) in [5.74, 6) is 1.22. The predicted octanol–water partition coefficient (Wildman–Crippen LogP) is 4.39. The van der Waals surface area contributed by atoms with Crippen molar-refractivity contribution in [2.24, 2.45) is 0 Å². The summed E-state index contributed by atoms with van der Waals surface area (Å²) < 4.78 is 35.8. The van der Waals surface area contributed by atoms with Gasteiger partial charge in [0.25, 0.3) is 0 Å². The highest BCUT2D eigenvalue weighted by Gasteiger charge is 2.27. The first-order chi connectivity index (χ1) is 8.35. The highest BCUT2D eigenvalue weighted by atomic mass is 79.9. The molecule has 0 heterocycles. The molecule has 0 aliphatic rings.